The minimum atomic E-state index is -1.05. The fourth-order valence-corrected chi connectivity index (χ4v) is 4.19. The maximum absolute atomic E-state index is 13.0. The number of carbonyl (C=O) groups excluding carboxylic acids is 1. The Morgan fingerprint density at radius 2 is 1.82 bits per heavy atom. The predicted molar refractivity (Wildman–Crippen MR) is 124 cm³/mol. The summed E-state index contributed by atoms with van der Waals surface area (Å²) in [5, 5.41) is 16.0. The molecule has 0 saturated heterocycles. The Kier molecular flexibility index (Phi) is 6.46. The van der Waals surface area contributed by atoms with Crippen LogP contribution in [0.5, 0.6) is 11.5 Å². The number of hydrazone groups is 1. The molecule has 2 aromatic carbocycles. The van der Waals surface area contributed by atoms with Crippen molar-refractivity contribution in [1.29, 1.82) is 0 Å². The quantitative estimate of drug-likeness (QED) is 0.515. The van der Waals surface area contributed by atoms with E-state index in [9.17, 15) is 9.59 Å². The topological polar surface area (TPSA) is 101 Å². The summed E-state index contributed by atoms with van der Waals surface area (Å²) in [6.07, 6.45) is -0.0977. The van der Waals surface area contributed by atoms with E-state index in [4.69, 9.17) is 26.2 Å². The zero-order chi connectivity index (χ0) is 23.5. The molecule has 1 aliphatic rings. The molecule has 1 amide bonds. The Morgan fingerprint density at radius 3 is 2.55 bits per heavy atom. The number of carboxylic acids is 1. The standard InChI is InChI=1S/C24H22ClN3O5/c1-32-19-8-4-3-7-15(19)17-13-18(28(27-17)21(29)10-11-22(30)31)16-12-14-6-5-9-20(33-2)23(14)26-24(16)25/h3-9,12,18H,10-11,13H2,1-2H3,(H,30,31). The molecule has 3 aromatic rings. The van der Waals surface area contributed by atoms with Crippen molar-refractivity contribution in [2.75, 3.05) is 14.2 Å². The molecule has 0 spiro atoms. The van der Waals surface area contributed by atoms with E-state index in [0.29, 0.717) is 34.7 Å². The Hall–Kier alpha value is -3.65. The van der Waals surface area contributed by atoms with Gasteiger partial charge in [0.1, 0.15) is 22.2 Å². The molecule has 0 radical (unpaired) electrons. The first kappa shape index (κ1) is 22.5. The summed E-state index contributed by atoms with van der Waals surface area (Å²) >= 11 is 6.59. The lowest BCUT2D eigenvalue weighted by Gasteiger charge is -2.23. The molecule has 4 rings (SSSR count). The van der Waals surface area contributed by atoms with Gasteiger partial charge in [-0.2, -0.15) is 5.10 Å². The number of ether oxygens (including phenoxy) is 2. The minimum Gasteiger partial charge on any atom is -0.496 e. The van der Waals surface area contributed by atoms with Crippen LogP contribution >= 0.6 is 11.6 Å². The number of hydrogen-bond acceptors (Lipinski definition) is 6. The number of benzene rings is 2. The number of aliphatic carboxylic acids is 1. The lowest BCUT2D eigenvalue weighted by molar-refractivity contribution is -0.141. The molecule has 0 saturated carbocycles. The minimum absolute atomic E-state index is 0.180. The van der Waals surface area contributed by atoms with Crippen molar-refractivity contribution in [1.82, 2.24) is 9.99 Å². The smallest absolute Gasteiger partial charge is 0.303 e. The third-order valence-electron chi connectivity index (χ3n) is 5.50. The number of carbonyl (C=O) groups is 2. The summed E-state index contributed by atoms with van der Waals surface area (Å²) in [5.74, 6) is -0.241. The lowest BCUT2D eigenvalue weighted by Crippen LogP contribution is -2.27. The molecule has 33 heavy (non-hydrogen) atoms. The molecule has 9 heteroatoms. The van der Waals surface area contributed by atoms with Gasteiger partial charge in [0.05, 0.1) is 32.4 Å². The van der Waals surface area contributed by atoms with Crippen molar-refractivity contribution in [2.45, 2.75) is 25.3 Å². The van der Waals surface area contributed by atoms with Gasteiger partial charge in [-0.3, -0.25) is 9.59 Å². The molecule has 170 valence electrons. The first-order chi connectivity index (χ1) is 15.9. The third-order valence-corrected chi connectivity index (χ3v) is 5.81. The van der Waals surface area contributed by atoms with Crippen molar-refractivity contribution >= 4 is 40.1 Å². The van der Waals surface area contributed by atoms with Crippen LogP contribution in [0, 0.1) is 0 Å². The fourth-order valence-electron chi connectivity index (χ4n) is 3.92. The van der Waals surface area contributed by atoms with Gasteiger partial charge in [-0.25, -0.2) is 9.99 Å². The van der Waals surface area contributed by atoms with E-state index in [1.54, 1.807) is 20.3 Å². The van der Waals surface area contributed by atoms with Crippen LogP contribution in [-0.2, 0) is 9.59 Å². The number of hydrogen-bond donors (Lipinski definition) is 1. The van der Waals surface area contributed by atoms with Gasteiger partial charge in [0, 0.05) is 29.4 Å². The van der Waals surface area contributed by atoms with Crippen molar-refractivity contribution in [3.63, 3.8) is 0 Å². The Balaban J connectivity index is 1.78. The number of methoxy groups -OCH3 is 2. The second-order valence-corrected chi connectivity index (χ2v) is 7.86. The molecule has 0 fully saturated rings. The summed E-state index contributed by atoms with van der Waals surface area (Å²) in [6.45, 7) is 0. The van der Waals surface area contributed by atoms with Crippen LogP contribution < -0.4 is 9.47 Å². The monoisotopic (exact) mass is 467 g/mol. The fraction of sp³-hybridized carbons (Fsp3) is 0.250. The summed E-state index contributed by atoms with van der Waals surface area (Å²) in [4.78, 5) is 28.5. The highest BCUT2D eigenvalue weighted by atomic mass is 35.5. The number of rotatable bonds is 7. The summed E-state index contributed by atoms with van der Waals surface area (Å²) in [5.41, 5.74) is 2.63. The Morgan fingerprint density at radius 1 is 1.09 bits per heavy atom. The van der Waals surface area contributed by atoms with Crippen LogP contribution in [0.25, 0.3) is 10.9 Å². The van der Waals surface area contributed by atoms with E-state index >= 15 is 0 Å². The van der Waals surface area contributed by atoms with Crippen LogP contribution in [0.2, 0.25) is 5.15 Å². The molecule has 1 aliphatic heterocycles. The van der Waals surface area contributed by atoms with Crippen molar-refractivity contribution in [2.24, 2.45) is 5.10 Å². The van der Waals surface area contributed by atoms with Crippen LogP contribution in [0.15, 0.2) is 53.6 Å². The molecule has 2 heterocycles. The highest BCUT2D eigenvalue weighted by Gasteiger charge is 2.35. The van der Waals surface area contributed by atoms with E-state index in [0.717, 1.165) is 10.9 Å². The second kappa shape index (κ2) is 9.46. The molecule has 1 N–H and O–H groups in total. The number of fused-ring (bicyclic) bond motifs is 1. The number of para-hydroxylation sites is 2. The number of nitrogens with zero attached hydrogens (tertiary/aromatic N) is 3. The molecule has 0 aliphatic carbocycles. The zero-order valence-electron chi connectivity index (χ0n) is 18.1. The molecule has 1 unspecified atom stereocenters. The van der Waals surface area contributed by atoms with Crippen LogP contribution in [0.4, 0.5) is 0 Å². The van der Waals surface area contributed by atoms with E-state index in [1.165, 1.54) is 5.01 Å². The molecular formula is C24H22ClN3O5. The van der Waals surface area contributed by atoms with Gasteiger partial charge in [0.25, 0.3) is 0 Å². The summed E-state index contributed by atoms with van der Waals surface area (Å²) in [6, 6.07) is 14.3. The number of halogens is 1. The van der Waals surface area contributed by atoms with Gasteiger partial charge in [0.15, 0.2) is 0 Å². The van der Waals surface area contributed by atoms with Crippen LogP contribution in [0.3, 0.4) is 0 Å². The maximum Gasteiger partial charge on any atom is 0.303 e. The molecule has 8 nitrogen and oxygen atoms in total. The largest absolute Gasteiger partial charge is 0.496 e. The normalized spacial score (nSPS) is 15.4. The number of aromatic nitrogens is 1. The van der Waals surface area contributed by atoms with Gasteiger partial charge < -0.3 is 14.6 Å². The van der Waals surface area contributed by atoms with E-state index < -0.39 is 17.9 Å². The van der Waals surface area contributed by atoms with E-state index in [2.05, 4.69) is 10.1 Å². The second-order valence-electron chi connectivity index (χ2n) is 7.50. The molecule has 1 atom stereocenters. The lowest BCUT2D eigenvalue weighted by atomic mass is 9.97. The number of carboxylic acid groups (broad SMARTS) is 1. The van der Waals surface area contributed by atoms with E-state index in [1.807, 2.05) is 42.5 Å². The van der Waals surface area contributed by atoms with Gasteiger partial charge in [0.2, 0.25) is 5.91 Å². The van der Waals surface area contributed by atoms with Gasteiger partial charge in [-0.05, 0) is 24.3 Å². The third kappa shape index (κ3) is 4.47. The SMILES string of the molecule is COc1ccccc1C1=NN(C(=O)CCC(=O)O)C(c2cc3cccc(OC)c3nc2Cl)C1. The summed E-state index contributed by atoms with van der Waals surface area (Å²) < 4.78 is 10.9. The van der Waals surface area contributed by atoms with Crippen LogP contribution in [0.1, 0.15) is 36.4 Å². The maximum atomic E-state index is 13.0. The number of amides is 1. The average molecular weight is 468 g/mol. The van der Waals surface area contributed by atoms with Gasteiger partial charge in [-0.1, -0.05) is 35.9 Å². The van der Waals surface area contributed by atoms with Crippen LogP contribution in [-0.4, -0.2) is 46.9 Å². The molecule has 1 aromatic heterocycles. The van der Waals surface area contributed by atoms with E-state index in [-0.39, 0.29) is 18.0 Å². The zero-order valence-corrected chi connectivity index (χ0v) is 18.9. The number of pyridine rings is 1. The Bertz CT molecular complexity index is 1260. The van der Waals surface area contributed by atoms with Crippen molar-refractivity contribution < 1.29 is 24.2 Å². The summed E-state index contributed by atoms with van der Waals surface area (Å²) in [7, 11) is 3.13. The highest BCUT2D eigenvalue weighted by molar-refractivity contribution is 6.30. The highest BCUT2D eigenvalue weighted by Crippen LogP contribution is 2.39. The van der Waals surface area contributed by atoms with Crippen molar-refractivity contribution in [3.8, 4) is 11.5 Å². The molecular weight excluding hydrogens is 446 g/mol. The molecule has 0 bridgehead atoms. The first-order valence-corrected chi connectivity index (χ1v) is 10.7. The first-order valence-electron chi connectivity index (χ1n) is 10.3. The van der Waals surface area contributed by atoms with Crippen molar-refractivity contribution in [3.05, 3.63) is 64.8 Å². The average Bonchev–Trinajstić information content (AvgIpc) is 3.26. The Labute approximate surface area is 195 Å². The predicted octanol–water partition coefficient (Wildman–Crippen LogP) is 4.45. The van der Waals surface area contributed by atoms with Gasteiger partial charge >= 0.3 is 5.97 Å². The van der Waals surface area contributed by atoms with Gasteiger partial charge in [-0.15, -0.1) is 0 Å².